The van der Waals surface area contributed by atoms with E-state index in [1.165, 1.54) is 0 Å². The van der Waals surface area contributed by atoms with Crippen molar-refractivity contribution in [1.82, 2.24) is 0 Å². The van der Waals surface area contributed by atoms with E-state index in [2.05, 4.69) is 0 Å². The van der Waals surface area contributed by atoms with Crippen molar-refractivity contribution in [3.05, 3.63) is 39.4 Å². The zero-order chi connectivity index (χ0) is 14.6. The van der Waals surface area contributed by atoms with Crippen LogP contribution in [0, 0.1) is 10.1 Å². The Kier molecular flexibility index (Phi) is 4.36. The number of carbonyl (C=O) groups excluding carboxylic acids is 2. The van der Waals surface area contributed by atoms with E-state index in [9.17, 15) is 32.9 Å². The lowest BCUT2D eigenvalue weighted by Crippen LogP contribution is -2.09. The number of aldehydes is 1. The number of Topliss-reactive ketones (excluding diaryl/α,β-unsaturated/α-hetero) is 1. The lowest BCUT2D eigenvalue weighted by Gasteiger charge is -2.08. The summed E-state index contributed by atoms with van der Waals surface area (Å²) in [5.74, 6) is -0.599. The molecule has 0 atom stereocenters. The fourth-order valence-corrected chi connectivity index (χ4v) is 1.44. The van der Waals surface area contributed by atoms with Crippen molar-refractivity contribution < 1.29 is 27.7 Å². The first-order chi connectivity index (χ1) is 8.75. The van der Waals surface area contributed by atoms with E-state index in [1.807, 2.05) is 0 Å². The Morgan fingerprint density at radius 1 is 1.37 bits per heavy atom. The first-order valence-corrected chi connectivity index (χ1v) is 5.05. The van der Waals surface area contributed by atoms with Gasteiger partial charge in [-0.2, -0.15) is 13.2 Å². The van der Waals surface area contributed by atoms with Gasteiger partial charge in [-0.05, 0) is 6.07 Å². The molecule has 102 valence electrons. The maximum atomic E-state index is 12.4. The fraction of sp³-hybridized carbons (Fsp3) is 0.273. The van der Waals surface area contributed by atoms with Crippen LogP contribution in [-0.2, 0) is 22.2 Å². The molecule has 0 aliphatic carbocycles. The molecule has 0 saturated carbocycles. The summed E-state index contributed by atoms with van der Waals surface area (Å²) in [6.45, 7) is 0. The molecule has 8 heteroatoms. The van der Waals surface area contributed by atoms with Gasteiger partial charge in [0.15, 0.2) is 0 Å². The third-order valence-electron chi connectivity index (χ3n) is 2.31. The predicted octanol–water partition coefficient (Wildman–Crippen LogP) is 2.31. The van der Waals surface area contributed by atoms with Gasteiger partial charge >= 0.3 is 6.18 Å². The minimum atomic E-state index is -4.70. The van der Waals surface area contributed by atoms with Gasteiger partial charge in [0.1, 0.15) is 12.1 Å². The summed E-state index contributed by atoms with van der Waals surface area (Å²) in [5.41, 5.74) is -2.09. The molecule has 1 rings (SSSR count). The van der Waals surface area contributed by atoms with Crippen LogP contribution in [0.5, 0.6) is 0 Å². The van der Waals surface area contributed by atoms with Gasteiger partial charge in [0.2, 0.25) is 0 Å². The average molecular weight is 275 g/mol. The molecule has 1 aromatic carbocycles. The number of rotatable bonds is 5. The Morgan fingerprint density at radius 2 is 2.00 bits per heavy atom. The van der Waals surface area contributed by atoms with Gasteiger partial charge in [0.05, 0.1) is 16.9 Å². The summed E-state index contributed by atoms with van der Waals surface area (Å²) < 4.78 is 37.2. The zero-order valence-electron chi connectivity index (χ0n) is 9.44. The van der Waals surface area contributed by atoms with Crippen LogP contribution in [0.3, 0.4) is 0 Å². The number of hydrogen-bond acceptors (Lipinski definition) is 4. The first-order valence-electron chi connectivity index (χ1n) is 5.05. The number of nitro benzene ring substituents is 1. The van der Waals surface area contributed by atoms with Gasteiger partial charge in [0, 0.05) is 18.1 Å². The van der Waals surface area contributed by atoms with Crippen LogP contribution in [0.1, 0.15) is 17.5 Å². The molecular formula is C11H8F3NO4. The van der Waals surface area contributed by atoms with Crippen LogP contribution in [0.2, 0.25) is 0 Å². The molecule has 0 saturated heterocycles. The molecule has 0 unspecified atom stereocenters. The molecule has 0 radical (unpaired) electrons. The van der Waals surface area contributed by atoms with Crippen molar-refractivity contribution in [2.24, 2.45) is 0 Å². The Hall–Kier alpha value is -2.25. The van der Waals surface area contributed by atoms with Crippen LogP contribution in [0.4, 0.5) is 18.9 Å². The SMILES string of the molecule is O=CCC(=O)Cc1ccc(C(F)(F)F)cc1[N+](=O)[O-]. The Morgan fingerprint density at radius 3 is 2.47 bits per heavy atom. The van der Waals surface area contributed by atoms with Gasteiger partial charge < -0.3 is 4.79 Å². The molecule has 0 aliphatic heterocycles. The highest BCUT2D eigenvalue weighted by atomic mass is 19.4. The largest absolute Gasteiger partial charge is 0.416 e. The number of benzene rings is 1. The maximum absolute atomic E-state index is 12.4. The lowest BCUT2D eigenvalue weighted by molar-refractivity contribution is -0.385. The minimum Gasteiger partial charge on any atom is -0.303 e. The van der Waals surface area contributed by atoms with E-state index in [4.69, 9.17) is 0 Å². The average Bonchev–Trinajstić information content (AvgIpc) is 2.27. The van der Waals surface area contributed by atoms with Crippen molar-refractivity contribution in [3.8, 4) is 0 Å². The molecule has 0 heterocycles. The second-order valence-electron chi connectivity index (χ2n) is 3.68. The second kappa shape index (κ2) is 5.59. The number of alkyl halides is 3. The summed E-state index contributed by atoms with van der Waals surface area (Å²) in [6.07, 6.45) is -5.25. The van der Waals surface area contributed by atoms with Crippen molar-refractivity contribution in [3.63, 3.8) is 0 Å². The van der Waals surface area contributed by atoms with E-state index in [0.29, 0.717) is 18.4 Å². The monoisotopic (exact) mass is 275 g/mol. The van der Waals surface area contributed by atoms with Gasteiger partial charge in [-0.1, -0.05) is 6.07 Å². The topological polar surface area (TPSA) is 77.3 Å². The summed E-state index contributed by atoms with van der Waals surface area (Å²) in [6, 6.07) is 1.92. The highest BCUT2D eigenvalue weighted by Gasteiger charge is 2.33. The third kappa shape index (κ3) is 3.87. The zero-order valence-corrected chi connectivity index (χ0v) is 9.44. The van der Waals surface area contributed by atoms with E-state index in [0.717, 1.165) is 6.07 Å². The van der Waals surface area contributed by atoms with E-state index in [1.54, 1.807) is 0 Å². The Bertz CT molecular complexity index is 525. The molecule has 0 aliphatic rings. The predicted molar refractivity (Wildman–Crippen MR) is 57.5 cm³/mol. The lowest BCUT2D eigenvalue weighted by atomic mass is 10.0. The van der Waals surface area contributed by atoms with Crippen molar-refractivity contribution in [1.29, 1.82) is 0 Å². The smallest absolute Gasteiger partial charge is 0.303 e. The summed E-state index contributed by atoms with van der Waals surface area (Å²) >= 11 is 0. The number of ketones is 1. The number of hydrogen-bond donors (Lipinski definition) is 0. The van der Waals surface area contributed by atoms with Crippen molar-refractivity contribution in [2.45, 2.75) is 19.0 Å². The summed E-state index contributed by atoms with van der Waals surface area (Å²) in [7, 11) is 0. The van der Waals surface area contributed by atoms with Crippen LogP contribution in [0.15, 0.2) is 18.2 Å². The molecule has 5 nitrogen and oxygen atoms in total. The van der Waals surface area contributed by atoms with E-state index >= 15 is 0 Å². The molecule has 0 aromatic heterocycles. The molecule has 19 heavy (non-hydrogen) atoms. The summed E-state index contributed by atoms with van der Waals surface area (Å²) in [4.78, 5) is 31.0. The molecule has 1 aromatic rings. The highest BCUT2D eigenvalue weighted by molar-refractivity contribution is 5.91. The van der Waals surface area contributed by atoms with Crippen LogP contribution in [-0.4, -0.2) is 17.0 Å². The number of nitro groups is 1. The minimum absolute atomic E-state index is 0.148. The number of carbonyl (C=O) groups is 2. The second-order valence-corrected chi connectivity index (χ2v) is 3.68. The van der Waals surface area contributed by atoms with Gasteiger partial charge in [0.25, 0.3) is 5.69 Å². The number of halogens is 3. The van der Waals surface area contributed by atoms with Gasteiger partial charge in [-0.3, -0.25) is 14.9 Å². The maximum Gasteiger partial charge on any atom is 0.416 e. The Labute approximate surface area is 105 Å². The van der Waals surface area contributed by atoms with E-state index in [-0.39, 0.29) is 5.56 Å². The quantitative estimate of drug-likeness (QED) is 0.357. The van der Waals surface area contributed by atoms with Crippen LogP contribution >= 0.6 is 0 Å². The van der Waals surface area contributed by atoms with Crippen molar-refractivity contribution in [2.75, 3.05) is 0 Å². The van der Waals surface area contributed by atoms with E-state index < -0.39 is 41.0 Å². The molecule has 0 N–H and O–H groups in total. The first kappa shape index (κ1) is 14.8. The molecule has 0 bridgehead atoms. The van der Waals surface area contributed by atoms with Crippen LogP contribution < -0.4 is 0 Å². The normalized spacial score (nSPS) is 11.1. The molecule has 0 spiro atoms. The summed E-state index contributed by atoms with van der Waals surface area (Å²) in [5, 5.41) is 10.7. The van der Waals surface area contributed by atoms with Crippen molar-refractivity contribution >= 4 is 17.8 Å². The highest BCUT2D eigenvalue weighted by Crippen LogP contribution is 2.33. The molecular weight excluding hydrogens is 267 g/mol. The molecule has 0 fully saturated rings. The number of nitrogens with zero attached hydrogens (tertiary/aromatic N) is 1. The molecule has 0 amide bonds. The van der Waals surface area contributed by atoms with Gasteiger partial charge in [-0.25, -0.2) is 0 Å². The fourth-order valence-electron chi connectivity index (χ4n) is 1.44. The Balaban J connectivity index is 3.16. The van der Waals surface area contributed by atoms with Gasteiger partial charge in [-0.15, -0.1) is 0 Å². The third-order valence-corrected chi connectivity index (χ3v) is 2.31. The van der Waals surface area contributed by atoms with Crippen LogP contribution in [0.25, 0.3) is 0 Å². The standard InChI is InChI=1S/C11H8F3NO4/c12-11(13,14)8-2-1-7(5-9(17)3-4-16)10(6-8)15(18)19/h1-2,4,6H,3,5H2.